The van der Waals surface area contributed by atoms with Gasteiger partial charge in [-0.3, -0.25) is 4.79 Å². The molecule has 3 fully saturated rings. The summed E-state index contributed by atoms with van der Waals surface area (Å²) in [4.78, 5) is 11.5. The molecule has 2 bridgehead atoms. The van der Waals surface area contributed by atoms with E-state index in [0.29, 0.717) is 11.5 Å². The summed E-state index contributed by atoms with van der Waals surface area (Å²) in [5.41, 5.74) is 0.353. The molecular weight excluding hydrogens is 178 g/mol. The topological polar surface area (TPSA) is 38.3 Å². The molecule has 0 aliphatic heterocycles. The van der Waals surface area contributed by atoms with Crippen LogP contribution in [0, 0.1) is 10.8 Å². The molecule has 3 aliphatic rings. The maximum Gasteiger partial charge on any atom is 0.226 e. The van der Waals surface area contributed by atoms with Crippen LogP contribution in [0.25, 0.3) is 0 Å². The molecule has 1 N–H and O–H groups in total. The molecule has 3 rings (SSSR count). The lowest BCUT2D eigenvalue weighted by Crippen LogP contribution is -2.69. The van der Waals surface area contributed by atoms with Crippen LogP contribution in [0.3, 0.4) is 0 Å². The number of carbonyl (C=O) groups excluding carboxylic acids is 1. The Morgan fingerprint density at radius 3 is 2.43 bits per heavy atom. The Labute approximate surface area is 85.2 Å². The summed E-state index contributed by atoms with van der Waals surface area (Å²) < 4.78 is 5.61. The molecule has 0 radical (unpaired) electrons. The van der Waals surface area contributed by atoms with Gasteiger partial charge in [-0.25, -0.2) is 0 Å². The van der Waals surface area contributed by atoms with Crippen LogP contribution < -0.4 is 5.32 Å². The molecule has 1 amide bonds. The summed E-state index contributed by atoms with van der Waals surface area (Å²) in [6.07, 6.45) is 3.41. The van der Waals surface area contributed by atoms with Gasteiger partial charge in [0.25, 0.3) is 0 Å². The van der Waals surface area contributed by atoms with E-state index in [1.54, 1.807) is 7.05 Å². The Morgan fingerprint density at radius 1 is 1.43 bits per heavy atom. The number of rotatable bonds is 4. The van der Waals surface area contributed by atoms with E-state index in [1.165, 1.54) is 0 Å². The minimum absolute atomic E-state index is 0.00487. The van der Waals surface area contributed by atoms with Crippen molar-refractivity contribution in [2.45, 2.75) is 39.2 Å². The van der Waals surface area contributed by atoms with Gasteiger partial charge in [-0.15, -0.1) is 0 Å². The van der Waals surface area contributed by atoms with Crippen LogP contribution >= 0.6 is 0 Å². The fourth-order valence-corrected chi connectivity index (χ4v) is 3.00. The van der Waals surface area contributed by atoms with Crippen LogP contribution in [-0.2, 0) is 9.53 Å². The highest BCUT2D eigenvalue weighted by Crippen LogP contribution is 2.73. The molecule has 0 heterocycles. The van der Waals surface area contributed by atoms with Crippen LogP contribution in [0.15, 0.2) is 0 Å². The molecule has 0 aromatic heterocycles. The van der Waals surface area contributed by atoms with E-state index in [9.17, 15) is 4.79 Å². The van der Waals surface area contributed by atoms with E-state index in [-0.39, 0.29) is 11.3 Å². The molecule has 0 unspecified atom stereocenters. The van der Waals surface area contributed by atoms with E-state index in [1.807, 2.05) is 0 Å². The first-order valence-corrected chi connectivity index (χ1v) is 5.36. The molecule has 0 spiro atoms. The van der Waals surface area contributed by atoms with Gasteiger partial charge in [-0.2, -0.15) is 0 Å². The molecule has 0 aromatic carbocycles. The smallest absolute Gasteiger partial charge is 0.226 e. The van der Waals surface area contributed by atoms with Crippen molar-refractivity contribution in [2.24, 2.45) is 10.8 Å². The Kier molecular flexibility index (Phi) is 2.11. The zero-order chi connectivity index (χ0) is 10.4. The second-order valence-corrected chi connectivity index (χ2v) is 5.25. The maximum atomic E-state index is 11.5. The van der Waals surface area contributed by atoms with Crippen molar-refractivity contribution in [2.75, 3.05) is 13.7 Å². The van der Waals surface area contributed by atoms with Crippen LogP contribution in [-0.4, -0.2) is 25.7 Å². The van der Waals surface area contributed by atoms with E-state index in [0.717, 1.165) is 25.9 Å². The van der Waals surface area contributed by atoms with Crippen molar-refractivity contribution in [1.29, 1.82) is 0 Å². The van der Waals surface area contributed by atoms with Gasteiger partial charge < -0.3 is 10.1 Å². The number of hydrogen-bond donors (Lipinski definition) is 1. The molecule has 0 saturated heterocycles. The van der Waals surface area contributed by atoms with E-state index in [4.69, 9.17) is 4.74 Å². The molecule has 0 atom stereocenters. The molecule has 3 aliphatic carbocycles. The highest BCUT2D eigenvalue weighted by atomic mass is 16.5. The monoisotopic (exact) mass is 197 g/mol. The van der Waals surface area contributed by atoms with Crippen LogP contribution in [0.2, 0.25) is 0 Å². The SMILES string of the molecule is CNC(=O)C12CC(COC(C)C)(C1)C2. The molecule has 80 valence electrons. The zero-order valence-electron chi connectivity index (χ0n) is 9.22. The summed E-state index contributed by atoms with van der Waals surface area (Å²) >= 11 is 0. The number of nitrogens with one attached hydrogen (secondary N) is 1. The quantitative estimate of drug-likeness (QED) is 0.738. The third-order valence-corrected chi connectivity index (χ3v) is 3.57. The molecular formula is C11H19NO2. The van der Waals surface area contributed by atoms with E-state index < -0.39 is 0 Å². The first-order chi connectivity index (χ1) is 6.52. The second-order valence-electron chi connectivity index (χ2n) is 5.25. The zero-order valence-corrected chi connectivity index (χ0v) is 9.22. The normalized spacial score (nSPS) is 38.9. The molecule has 3 nitrogen and oxygen atoms in total. The lowest BCUT2D eigenvalue weighted by Gasteiger charge is -2.69. The highest BCUT2D eigenvalue weighted by molar-refractivity contribution is 5.86. The Bertz CT molecular complexity index is 240. The Balaban J connectivity index is 1.80. The fourth-order valence-electron chi connectivity index (χ4n) is 3.00. The van der Waals surface area contributed by atoms with Crippen LogP contribution in [0.5, 0.6) is 0 Å². The van der Waals surface area contributed by atoms with E-state index in [2.05, 4.69) is 19.2 Å². The van der Waals surface area contributed by atoms with Gasteiger partial charge >= 0.3 is 0 Å². The summed E-state index contributed by atoms with van der Waals surface area (Å²) in [5.74, 6) is 0.226. The molecule has 3 heteroatoms. The third kappa shape index (κ3) is 1.26. The number of ether oxygens (including phenoxy) is 1. The fraction of sp³-hybridized carbons (Fsp3) is 0.909. The van der Waals surface area contributed by atoms with Gasteiger partial charge in [-0.05, 0) is 38.5 Å². The van der Waals surface area contributed by atoms with Crippen molar-refractivity contribution in [3.8, 4) is 0 Å². The van der Waals surface area contributed by atoms with Crippen molar-refractivity contribution < 1.29 is 9.53 Å². The lowest BCUT2D eigenvalue weighted by atomic mass is 9.35. The first kappa shape index (κ1) is 9.97. The summed E-state index contributed by atoms with van der Waals surface area (Å²) in [5, 5.41) is 2.75. The molecule has 3 saturated carbocycles. The lowest BCUT2D eigenvalue weighted by molar-refractivity contribution is -0.230. The number of amides is 1. The Hall–Kier alpha value is -0.570. The minimum atomic E-state index is -0.00487. The van der Waals surface area contributed by atoms with Gasteiger partial charge in [0, 0.05) is 7.05 Å². The largest absolute Gasteiger partial charge is 0.378 e. The van der Waals surface area contributed by atoms with Gasteiger partial charge in [0.05, 0.1) is 18.1 Å². The van der Waals surface area contributed by atoms with Gasteiger partial charge in [0.2, 0.25) is 5.91 Å². The summed E-state index contributed by atoms with van der Waals surface area (Å²) in [7, 11) is 1.72. The van der Waals surface area contributed by atoms with Crippen molar-refractivity contribution >= 4 is 5.91 Å². The predicted octanol–water partition coefficient (Wildman–Crippen LogP) is 1.33. The summed E-state index contributed by atoms with van der Waals surface area (Å²) in [6.45, 7) is 4.95. The standard InChI is InChI=1S/C11H19NO2/c1-8(2)14-7-10-4-11(5-10,6-10)9(13)12-3/h8H,4-7H2,1-3H3,(H,12,13). The van der Waals surface area contributed by atoms with Crippen LogP contribution in [0.4, 0.5) is 0 Å². The number of carbonyl (C=O) groups is 1. The number of hydrogen-bond acceptors (Lipinski definition) is 2. The maximum absolute atomic E-state index is 11.5. The average Bonchev–Trinajstić information content (AvgIpc) is 1.98. The average molecular weight is 197 g/mol. The first-order valence-electron chi connectivity index (χ1n) is 5.36. The minimum Gasteiger partial charge on any atom is -0.378 e. The predicted molar refractivity (Wildman–Crippen MR) is 53.9 cm³/mol. The molecule has 14 heavy (non-hydrogen) atoms. The van der Waals surface area contributed by atoms with Crippen molar-refractivity contribution in [3.63, 3.8) is 0 Å². The van der Waals surface area contributed by atoms with E-state index >= 15 is 0 Å². The van der Waals surface area contributed by atoms with Crippen molar-refractivity contribution in [1.82, 2.24) is 5.32 Å². The summed E-state index contributed by atoms with van der Waals surface area (Å²) in [6, 6.07) is 0. The highest BCUT2D eigenvalue weighted by Gasteiger charge is 2.71. The van der Waals surface area contributed by atoms with Gasteiger partial charge in [0.15, 0.2) is 0 Å². The van der Waals surface area contributed by atoms with Gasteiger partial charge in [0.1, 0.15) is 0 Å². The van der Waals surface area contributed by atoms with Crippen molar-refractivity contribution in [3.05, 3.63) is 0 Å². The second kappa shape index (κ2) is 2.96. The molecule has 0 aromatic rings. The van der Waals surface area contributed by atoms with Crippen LogP contribution in [0.1, 0.15) is 33.1 Å². The van der Waals surface area contributed by atoms with Gasteiger partial charge in [-0.1, -0.05) is 0 Å². The Morgan fingerprint density at radius 2 is 2.00 bits per heavy atom. The third-order valence-electron chi connectivity index (χ3n) is 3.57.